The highest BCUT2D eigenvalue weighted by Gasteiger charge is 2.36. The fourth-order valence-electron chi connectivity index (χ4n) is 2.62. The van der Waals surface area contributed by atoms with Crippen LogP contribution in [0.1, 0.15) is 40.0 Å². The minimum absolute atomic E-state index is 0.741. The van der Waals surface area contributed by atoms with Gasteiger partial charge in [0.15, 0.2) is 0 Å². The summed E-state index contributed by atoms with van der Waals surface area (Å²) in [6.45, 7) is 10.3. The normalized spacial score (nSPS) is 31.4. The van der Waals surface area contributed by atoms with Gasteiger partial charge < -0.3 is 5.32 Å². The summed E-state index contributed by atoms with van der Waals surface area (Å²) >= 11 is 0. The zero-order chi connectivity index (χ0) is 11.5. The Hall–Kier alpha value is -0.340. The van der Waals surface area contributed by atoms with E-state index in [4.69, 9.17) is 0 Å². The Balaban J connectivity index is 1.90. The number of nitrogens with one attached hydrogen (secondary N) is 1. The van der Waals surface area contributed by atoms with Crippen LogP contribution < -0.4 is 5.32 Å². The Morgan fingerprint density at radius 1 is 1.38 bits per heavy atom. The average Bonchev–Trinajstić information content (AvgIpc) is 3.09. The summed E-state index contributed by atoms with van der Waals surface area (Å²) in [5.74, 6) is 0.979. The Morgan fingerprint density at radius 2 is 2.12 bits per heavy atom. The Morgan fingerprint density at radius 3 is 2.69 bits per heavy atom. The molecule has 1 heterocycles. The summed E-state index contributed by atoms with van der Waals surface area (Å²) in [5, 5.41) is 3.74. The van der Waals surface area contributed by atoms with E-state index < -0.39 is 0 Å². The number of piperazine rings is 1. The van der Waals surface area contributed by atoms with E-state index in [1.807, 2.05) is 0 Å². The maximum absolute atomic E-state index is 3.74. The van der Waals surface area contributed by atoms with Crippen molar-refractivity contribution in [2.75, 3.05) is 19.6 Å². The maximum atomic E-state index is 3.74. The summed E-state index contributed by atoms with van der Waals surface area (Å²) < 4.78 is 0. The molecule has 2 heteroatoms. The van der Waals surface area contributed by atoms with Gasteiger partial charge in [-0.3, -0.25) is 4.90 Å². The van der Waals surface area contributed by atoms with Crippen molar-refractivity contribution >= 4 is 0 Å². The van der Waals surface area contributed by atoms with Gasteiger partial charge in [-0.05, 0) is 39.0 Å². The second kappa shape index (κ2) is 5.33. The van der Waals surface area contributed by atoms with Crippen molar-refractivity contribution in [3.05, 3.63) is 11.6 Å². The predicted molar refractivity (Wildman–Crippen MR) is 69.6 cm³/mol. The first kappa shape index (κ1) is 12.1. The summed E-state index contributed by atoms with van der Waals surface area (Å²) in [5.41, 5.74) is 1.44. The van der Waals surface area contributed by atoms with Crippen molar-refractivity contribution in [3.8, 4) is 0 Å². The smallest absolute Gasteiger partial charge is 0.0224 e. The average molecular weight is 222 g/mol. The second-order valence-electron chi connectivity index (χ2n) is 5.65. The Kier molecular flexibility index (Phi) is 4.04. The molecule has 92 valence electrons. The largest absolute Gasteiger partial charge is 0.311 e. The lowest BCUT2D eigenvalue weighted by Gasteiger charge is -2.40. The van der Waals surface area contributed by atoms with Crippen molar-refractivity contribution < 1.29 is 0 Å². The molecular formula is C14H26N2. The van der Waals surface area contributed by atoms with Crippen molar-refractivity contribution in [2.45, 2.75) is 52.1 Å². The fraction of sp³-hybridized carbons (Fsp3) is 0.857. The number of rotatable bonds is 4. The highest BCUT2D eigenvalue weighted by molar-refractivity contribution is 4.99. The molecule has 0 bridgehead atoms. The summed E-state index contributed by atoms with van der Waals surface area (Å²) in [6.07, 6.45) is 6.54. The van der Waals surface area contributed by atoms with Crippen LogP contribution in [-0.4, -0.2) is 36.6 Å². The van der Waals surface area contributed by atoms with Crippen LogP contribution in [-0.2, 0) is 0 Å². The lowest BCUT2D eigenvalue weighted by atomic mass is 10.0. The van der Waals surface area contributed by atoms with E-state index in [2.05, 4.69) is 37.1 Å². The molecule has 2 rings (SSSR count). The van der Waals surface area contributed by atoms with Gasteiger partial charge in [0.25, 0.3) is 0 Å². The number of hydrogen-bond donors (Lipinski definition) is 1. The lowest BCUT2D eigenvalue weighted by molar-refractivity contribution is 0.133. The molecule has 0 radical (unpaired) electrons. The van der Waals surface area contributed by atoms with Crippen LogP contribution in [0.3, 0.4) is 0 Å². The van der Waals surface area contributed by atoms with Crippen molar-refractivity contribution in [1.29, 1.82) is 0 Å². The molecule has 2 atom stereocenters. The molecule has 0 amide bonds. The van der Waals surface area contributed by atoms with E-state index in [-0.39, 0.29) is 0 Å². The highest BCUT2D eigenvalue weighted by atomic mass is 15.2. The monoisotopic (exact) mass is 222 g/mol. The number of allylic oxidation sites excluding steroid dienone is 1. The molecule has 2 nitrogen and oxygen atoms in total. The summed E-state index contributed by atoms with van der Waals surface area (Å²) in [6, 6.07) is 1.51. The molecule has 2 unspecified atom stereocenters. The van der Waals surface area contributed by atoms with E-state index >= 15 is 0 Å². The standard InChI is InChI=1S/C14H26N2/c1-4-13-9-15-14(12-5-6-12)10-16(13)8-7-11(2)3/h7,12-15H,4-6,8-10H2,1-3H3. The van der Waals surface area contributed by atoms with Crippen LogP contribution in [0, 0.1) is 5.92 Å². The molecule has 16 heavy (non-hydrogen) atoms. The summed E-state index contributed by atoms with van der Waals surface area (Å²) in [7, 11) is 0. The van der Waals surface area contributed by atoms with Gasteiger partial charge in [-0.25, -0.2) is 0 Å². The van der Waals surface area contributed by atoms with E-state index in [1.54, 1.807) is 0 Å². The molecule has 1 aliphatic carbocycles. The molecule has 0 aromatic carbocycles. The topological polar surface area (TPSA) is 15.3 Å². The van der Waals surface area contributed by atoms with Gasteiger partial charge in [0, 0.05) is 31.7 Å². The third kappa shape index (κ3) is 3.08. The van der Waals surface area contributed by atoms with Gasteiger partial charge in [0.2, 0.25) is 0 Å². The second-order valence-corrected chi connectivity index (χ2v) is 5.65. The molecule has 0 spiro atoms. The molecular weight excluding hydrogens is 196 g/mol. The molecule has 1 N–H and O–H groups in total. The minimum atomic E-state index is 0.741. The fourth-order valence-corrected chi connectivity index (χ4v) is 2.62. The molecule has 0 aromatic rings. The quantitative estimate of drug-likeness (QED) is 0.735. The van der Waals surface area contributed by atoms with Crippen LogP contribution in [0.15, 0.2) is 11.6 Å². The van der Waals surface area contributed by atoms with Crippen LogP contribution in [0.4, 0.5) is 0 Å². The Labute approximate surface area is 100 Å². The summed E-state index contributed by atoms with van der Waals surface area (Å²) in [4.78, 5) is 2.67. The van der Waals surface area contributed by atoms with Crippen molar-refractivity contribution in [3.63, 3.8) is 0 Å². The molecule has 2 aliphatic rings. The van der Waals surface area contributed by atoms with Gasteiger partial charge in [0.05, 0.1) is 0 Å². The minimum Gasteiger partial charge on any atom is -0.311 e. The number of hydrogen-bond acceptors (Lipinski definition) is 2. The first-order valence-electron chi connectivity index (χ1n) is 6.81. The van der Waals surface area contributed by atoms with Gasteiger partial charge in [0.1, 0.15) is 0 Å². The van der Waals surface area contributed by atoms with Gasteiger partial charge in [-0.15, -0.1) is 0 Å². The van der Waals surface area contributed by atoms with Crippen LogP contribution in [0.25, 0.3) is 0 Å². The van der Waals surface area contributed by atoms with E-state index in [9.17, 15) is 0 Å². The molecule has 1 saturated heterocycles. The predicted octanol–water partition coefficient (Wildman–Crippen LogP) is 2.42. The van der Waals surface area contributed by atoms with Gasteiger partial charge in [-0.2, -0.15) is 0 Å². The highest BCUT2D eigenvalue weighted by Crippen LogP contribution is 2.34. The van der Waals surface area contributed by atoms with Crippen LogP contribution >= 0.6 is 0 Å². The van der Waals surface area contributed by atoms with E-state index in [0.29, 0.717) is 0 Å². The SMILES string of the molecule is CCC1CNC(C2CC2)CN1CC=C(C)C. The van der Waals surface area contributed by atoms with Gasteiger partial charge in [-0.1, -0.05) is 18.6 Å². The van der Waals surface area contributed by atoms with E-state index in [1.165, 1.54) is 37.9 Å². The lowest BCUT2D eigenvalue weighted by Crippen LogP contribution is -2.56. The van der Waals surface area contributed by atoms with Crippen LogP contribution in [0.5, 0.6) is 0 Å². The van der Waals surface area contributed by atoms with Gasteiger partial charge >= 0.3 is 0 Å². The zero-order valence-corrected chi connectivity index (χ0v) is 11.0. The molecule has 2 fully saturated rings. The number of nitrogens with zero attached hydrogens (tertiary/aromatic N) is 1. The Bertz CT molecular complexity index is 251. The van der Waals surface area contributed by atoms with Crippen molar-refractivity contribution in [1.82, 2.24) is 10.2 Å². The first-order chi connectivity index (χ1) is 7.70. The van der Waals surface area contributed by atoms with Crippen molar-refractivity contribution in [2.24, 2.45) is 5.92 Å². The third-order valence-corrected chi connectivity index (χ3v) is 3.96. The van der Waals surface area contributed by atoms with E-state index in [0.717, 1.165) is 24.5 Å². The molecule has 1 saturated carbocycles. The van der Waals surface area contributed by atoms with Crippen LogP contribution in [0.2, 0.25) is 0 Å². The third-order valence-electron chi connectivity index (χ3n) is 3.96. The maximum Gasteiger partial charge on any atom is 0.0224 e. The zero-order valence-electron chi connectivity index (χ0n) is 11.0. The molecule has 1 aliphatic heterocycles. The first-order valence-corrected chi connectivity index (χ1v) is 6.81. The molecule has 0 aromatic heterocycles.